The number of aromatic nitrogens is 4. The normalized spacial score (nSPS) is 18.0. The summed E-state index contributed by atoms with van der Waals surface area (Å²) in [6.45, 7) is 3.17. The Morgan fingerprint density at radius 3 is 3.00 bits per heavy atom. The third kappa shape index (κ3) is 3.36. The number of nitrogens with one attached hydrogen (secondary N) is 1. The van der Waals surface area contributed by atoms with Crippen molar-refractivity contribution >= 4 is 17.7 Å². The first-order valence-corrected chi connectivity index (χ1v) is 7.34. The van der Waals surface area contributed by atoms with Crippen molar-refractivity contribution in [3.05, 3.63) is 36.5 Å². The molecule has 1 amide bonds. The van der Waals surface area contributed by atoms with E-state index in [0.717, 1.165) is 31.6 Å². The molecule has 22 heavy (non-hydrogen) atoms. The third-order valence-corrected chi connectivity index (χ3v) is 3.77. The fourth-order valence-corrected chi connectivity index (χ4v) is 2.64. The Kier molecular flexibility index (Phi) is 4.22. The molecule has 0 aliphatic carbocycles. The molecule has 0 bridgehead atoms. The van der Waals surface area contributed by atoms with E-state index in [1.807, 2.05) is 11.0 Å². The molecule has 2 aromatic rings. The average Bonchev–Trinajstić information content (AvgIpc) is 2.56. The second-order valence-corrected chi connectivity index (χ2v) is 5.32. The fraction of sp³-hybridized carbons (Fsp3) is 0.400. The van der Waals surface area contributed by atoms with Gasteiger partial charge in [0.2, 0.25) is 11.9 Å². The molecular weight excluding hydrogens is 280 g/mol. The predicted molar refractivity (Wildman–Crippen MR) is 81.6 cm³/mol. The van der Waals surface area contributed by atoms with E-state index in [-0.39, 0.29) is 11.8 Å². The van der Waals surface area contributed by atoms with Crippen molar-refractivity contribution in [1.82, 2.24) is 24.8 Å². The molecule has 7 heteroatoms. The molecule has 7 nitrogen and oxygen atoms in total. The molecule has 114 valence electrons. The lowest BCUT2D eigenvalue weighted by Gasteiger charge is -2.31. The largest absolute Gasteiger partial charge is 0.342 e. The number of anilines is 2. The molecule has 2 aromatic heterocycles. The zero-order valence-corrected chi connectivity index (χ0v) is 12.4. The van der Waals surface area contributed by atoms with Crippen molar-refractivity contribution in [2.24, 2.45) is 0 Å². The summed E-state index contributed by atoms with van der Waals surface area (Å²) >= 11 is 0. The van der Waals surface area contributed by atoms with Crippen molar-refractivity contribution in [2.75, 3.05) is 18.4 Å². The van der Waals surface area contributed by atoms with Crippen LogP contribution in [0.25, 0.3) is 0 Å². The molecule has 0 aromatic carbocycles. The SMILES string of the molecule is CC(=O)N1CCCC(c2ccnc(Nc3cnccn3)n2)C1. The van der Waals surface area contributed by atoms with Gasteiger partial charge in [0.05, 0.1) is 11.9 Å². The number of piperidine rings is 1. The summed E-state index contributed by atoms with van der Waals surface area (Å²) in [5.74, 6) is 1.48. The predicted octanol–water partition coefficient (Wildman–Crippen LogP) is 1.74. The zero-order chi connectivity index (χ0) is 15.4. The molecule has 3 heterocycles. The summed E-state index contributed by atoms with van der Waals surface area (Å²) in [5, 5.41) is 3.04. The van der Waals surface area contributed by atoms with E-state index < -0.39 is 0 Å². The first-order chi connectivity index (χ1) is 10.7. The minimum Gasteiger partial charge on any atom is -0.342 e. The van der Waals surface area contributed by atoms with Crippen LogP contribution in [0.5, 0.6) is 0 Å². The maximum Gasteiger partial charge on any atom is 0.228 e. The van der Waals surface area contributed by atoms with Crippen molar-refractivity contribution in [2.45, 2.75) is 25.7 Å². The van der Waals surface area contributed by atoms with Crippen LogP contribution in [-0.2, 0) is 4.79 Å². The van der Waals surface area contributed by atoms with Gasteiger partial charge >= 0.3 is 0 Å². The van der Waals surface area contributed by atoms with Gasteiger partial charge in [0.15, 0.2) is 5.82 Å². The van der Waals surface area contributed by atoms with E-state index in [1.54, 1.807) is 31.7 Å². The van der Waals surface area contributed by atoms with E-state index in [9.17, 15) is 4.79 Å². The van der Waals surface area contributed by atoms with Crippen LogP contribution in [0.3, 0.4) is 0 Å². The van der Waals surface area contributed by atoms with Gasteiger partial charge in [-0.05, 0) is 18.9 Å². The van der Waals surface area contributed by atoms with Gasteiger partial charge in [-0.2, -0.15) is 0 Å². The number of likely N-dealkylation sites (tertiary alicyclic amines) is 1. The molecular formula is C15H18N6O. The van der Waals surface area contributed by atoms with Crippen LogP contribution in [-0.4, -0.2) is 43.8 Å². The lowest BCUT2D eigenvalue weighted by molar-refractivity contribution is -0.130. The molecule has 1 saturated heterocycles. The number of amides is 1. The van der Waals surface area contributed by atoms with E-state index in [2.05, 4.69) is 25.3 Å². The summed E-state index contributed by atoms with van der Waals surface area (Å²) in [6, 6.07) is 1.91. The number of rotatable bonds is 3. The Balaban J connectivity index is 1.75. The molecule has 3 rings (SSSR count). The minimum absolute atomic E-state index is 0.122. The van der Waals surface area contributed by atoms with Crippen LogP contribution >= 0.6 is 0 Å². The fourth-order valence-electron chi connectivity index (χ4n) is 2.64. The summed E-state index contributed by atoms with van der Waals surface area (Å²) < 4.78 is 0. The highest BCUT2D eigenvalue weighted by Gasteiger charge is 2.24. The van der Waals surface area contributed by atoms with Gasteiger partial charge in [0.1, 0.15) is 0 Å². The van der Waals surface area contributed by atoms with Crippen molar-refractivity contribution in [3.63, 3.8) is 0 Å². The van der Waals surface area contributed by atoms with Crippen LogP contribution in [0.1, 0.15) is 31.4 Å². The van der Waals surface area contributed by atoms with Crippen molar-refractivity contribution in [3.8, 4) is 0 Å². The average molecular weight is 298 g/mol. The highest BCUT2D eigenvalue weighted by Crippen LogP contribution is 2.26. The third-order valence-electron chi connectivity index (χ3n) is 3.77. The molecule has 0 spiro atoms. The summed E-state index contributed by atoms with van der Waals surface area (Å²) in [5.41, 5.74) is 0.951. The Morgan fingerprint density at radius 1 is 1.32 bits per heavy atom. The van der Waals surface area contributed by atoms with Gasteiger partial charge in [-0.1, -0.05) is 0 Å². The van der Waals surface area contributed by atoms with Gasteiger partial charge < -0.3 is 10.2 Å². The monoisotopic (exact) mass is 298 g/mol. The molecule has 0 radical (unpaired) electrons. The Morgan fingerprint density at radius 2 is 2.23 bits per heavy atom. The first kappa shape index (κ1) is 14.4. The number of hydrogen-bond donors (Lipinski definition) is 1. The second-order valence-electron chi connectivity index (χ2n) is 5.32. The number of hydrogen-bond acceptors (Lipinski definition) is 6. The maximum atomic E-state index is 11.5. The topological polar surface area (TPSA) is 83.9 Å². The van der Waals surface area contributed by atoms with E-state index in [4.69, 9.17) is 0 Å². The van der Waals surface area contributed by atoms with E-state index in [0.29, 0.717) is 11.8 Å². The molecule has 1 unspecified atom stereocenters. The zero-order valence-electron chi connectivity index (χ0n) is 12.4. The minimum atomic E-state index is 0.122. The lowest BCUT2D eigenvalue weighted by Crippen LogP contribution is -2.37. The van der Waals surface area contributed by atoms with Crippen LogP contribution in [0, 0.1) is 0 Å². The smallest absolute Gasteiger partial charge is 0.228 e. The van der Waals surface area contributed by atoms with Crippen LogP contribution in [0.2, 0.25) is 0 Å². The quantitative estimate of drug-likeness (QED) is 0.929. The van der Waals surface area contributed by atoms with Crippen LogP contribution in [0.4, 0.5) is 11.8 Å². The van der Waals surface area contributed by atoms with Gasteiger partial charge in [0, 0.05) is 44.5 Å². The second kappa shape index (κ2) is 6.46. The first-order valence-electron chi connectivity index (χ1n) is 7.34. The number of nitrogens with zero attached hydrogens (tertiary/aromatic N) is 5. The molecule has 1 aliphatic heterocycles. The lowest BCUT2D eigenvalue weighted by atomic mass is 9.94. The van der Waals surface area contributed by atoms with Crippen LogP contribution < -0.4 is 5.32 Å². The Labute approximate surface area is 128 Å². The van der Waals surface area contributed by atoms with Crippen molar-refractivity contribution in [1.29, 1.82) is 0 Å². The Hall–Kier alpha value is -2.57. The summed E-state index contributed by atoms with van der Waals surface area (Å²) in [4.78, 5) is 30.3. The van der Waals surface area contributed by atoms with Gasteiger partial charge in [-0.25, -0.2) is 15.0 Å². The standard InChI is InChI=1S/C15H18N6O/c1-11(22)21-8-2-3-12(10-21)13-4-5-18-15(19-13)20-14-9-16-6-7-17-14/h4-7,9,12H,2-3,8,10H2,1H3,(H,17,18,19,20). The van der Waals surface area contributed by atoms with Gasteiger partial charge in [0.25, 0.3) is 0 Å². The van der Waals surface area contributed by atoms with Gasteiger partial charge in [-0.3, -0.25) is 9.78 Å². The van der Waals surface area contributed by atoms with E-state index >= 15 is 0 Å². The van der Waals surface area contributed by atoms with Crippen molar-refractivity contribution < 1.29 is 4.79 Å². The highest BCUT2D eigenvalue weighted by atomic mass is 16.2. The van der Waals surface area contributed by atoms with E-state index in [1.165, 1.54) is 0 Å². The Bertz CT molecular complexity index is 647. The van der Waals surface area contributed by atoms with Gasteiger partial charge in [-0.15, -0.1) is 0 Å². The molecule has 1 N–H and O–H groups in total. The molecule has 1 aliphatic rings. The van der Waals surface area contributed by atoms with Crippen LogP contribution in [0.15, 0.2) is 30.9 Å². The number of carbonyl (C=O) groups is 1. The highest BCUT2D eigenvalue weighted by molar-refractivity contribution is 5.73. The summed E-state index contributed by atoms with van der Waals surface area (Å²) in [6.07, 6.45) is 8.60. The molecule has 1 atom stereocenters. The summed E-state index contributed by atoms with van der Waals surface area (Å²) in [7, 11) is 0. The maximum absolute atomic E-state index is 11.5. The molecule has 0 saturated carbocycles. The number of carbonyl (C=O) groups excluding carboxylic acids is 1. The molecule has 1 fully saturated rings.